The molecule has 7 nitrogen and oxygen atoms in total. The number of carbonyl (C=O) groups excluding carboxylic acids is 1. The quantitative estimate of drug-likeness (QED) is 0.326. The Morgan fingerprint density at radius 1 is 1.08 bits per heavy atom. The van der Waals surface area contributed by atoms with Crippen molar-refractivity contribution in [1.29, 1.82) is 5.26 Å². The standard InChI is InChI=1S/C27H24F4N2O5S/c1-2-13-39(37,38)24(17-7-8-18(15-32)22(14-17)27(29,30)31)26(36,19-9-11-20(28)12-10-19)16-33-25(35)21-5-3-4-6-23(21)34/h3-12,14,24,34,36H,2,13,16H2,1H3,(H,33,35). The van der Waals surface area contributed by atoms with Gasteiger partial charge in [-0.15, -0.1) is 0 Å². The molecule has 39 heavy (non-hydrogen) atoms. The van der Waals surface area contributed by atoms with E-state index in [0.717, 1.165) is 36.4 Å². The highest BCUT2D eigenvalue weighted by Gasteiger charge is 2.48. The van der Waals surface area contributed by atoms with Crippen LogP contribution in [0.3, 0.4) is 0 Å². The molecule has 0 saturated carbocycles. The lowest BCUT2D eigenvalue weighted by molar-refractivity contribution is -0.137. The molecule has 3 rings (SSSR count). The number of nitrogens with zero attached hydrogens (tertiary/aromatic N) is 1. The van der Waals surface area contributed by atoms with Gasteiger partial charge in [0.2, 0.25) is 0 Å². The molecule has 206 valence electrons. The van der Waals surface area contributed by atoms with Gasteiger partial charge in [-0.3, -0.25) is 4.79 Å². The molecule has 0 radical (unpaired) electrons. The average Bonchev–Trinajstić information content (AvgIpc) is 2.87. The van der Waals surface area contributed by atoms with Gasteiger partial charge in [-0.2, -0.15) is 18.4 Å². The van der Waals surface area contributed by atoms with Crippen molar-refractivity contribution >= 4 is 15.7 Å². The van der Waals surface area contributed by atoms with Gasteiger partial charge in [0.25, 0.3) is 5.91 Å². The van der Waals surface area contributed by atoms with Crippen LogP contribution in [0.4, 0.5) is 17.6 Å². The molecule has 2 atom stereocenters. The fourth-order valence-electron chi connectivity index (χ4n) is 4.30. The van der Waals surface area contributed by atoms with Gasteiger partial charge in [0.05, 0.1) is 35.1 Å². The second-order valence-electron chi connectivity index (χ2n) is 8.79. The summed E-state index contributed by atoms with van der Waals surface area (Å²) < 4.78 is 82.2. The molecule has 0 aliphatic rings. The molecular formula is C27H24F4N2O5S. The summed E-state index contributed by atoms with van der Waals surface area (Å²) in [6.07, 6.45) is -4.97. The zero-order valence-corrected chi connectivity index (χ0v) is 21.4. The number of phenols is 1. The second kappa shape index (κ2) is 11.4. The SMILES string of the molecule is CCCS(=O)(=O)C(c1ccc(C#N)c(C(F)(F)F)c1)C(O)(CNC(=O)c1ccccc1O)c1ccc(F)cc1. The number of phenolic OH excluding ortho intramolecular Hbond substituents is 1. The number of carbonyl (C=O) groups is 1. The Labute approximate surface area is 222 Å². The van der Waals surface area contributed by atoms with Gasteiger partial charge in [-0.1, -0.05) is 37.3 Å². The third kappa shape index (κ3) is 6.38. The van der Waals surface area contributed by atoms with E-state index in [1.54, 1.807) is 0 Å². The van der Waals surface area contributed by atoms with Crippen molar-refractivity contribution in [3.05, 3.63) is 100 Å². The third-order valence-corrected chi connectivity index (χ3v) is 8.42. The smallest absolute Gasteiger partial charge is 0.417 e. The minimum atomic E-state index is -5.02. The van der Waals surface area contributed by atoms with Crippen LogP contribution in [0.2, 0.25) is 0 Å². The summed E-state index contributed by atoms with van der Waals surface area (Å²) in [5.41, 5.74) is -5.67. The van der Waals surface area contributed by atoms with Gasteiger partial charge >= 0.3 is 6.18 Å². The van der Waals surface area contributed by atoms with Crippen LogP contribution < -0.4 is 5.32 Å². The Morgan fingerprint density at radius 2 is 1.72 bits per heavy atom. The summed E-state index contributed by atoms with van der Waals surface area (Å²) >= 11 is 0. The first-order chi connectivity index (χ1) is 18.2. The van der Waals surface area contributed by atoms with Gasteiger partial charge in [0.15, 0.2) is 9.84 Å². The van der Waals surface area contributed by atoms with Gasteiger partial charge in [0.1, 0.15) is 22.4 Å². The maximum absolute atomic E-state index is 13.8. The Hall–Kier alpha value is -3.95. The fourth-order valence-corrected chi connectivity index (χ4v) is 6.48. The highest BCUT2D eigenvalue weighted by atomic mass is 32.2. The first kappa shape index (κ1) is 29.6. The number of aromatic hydroxyl groups is 1. The zero-order chi connectivity index (χ0) is 29.0. The fraction of sp³-hybridized carbons (Fsp3) is 0.259. The predicted octanol–water partition coefficient (Wildman–Crippen LogP) is 4.61. The largest absolute Gasteiger partial charge is 0.507 e. The molecule has 0 heterocycles. The predicted molar refractivity (Wildman–Crippen MR) is 134 cm³/mol. The summed E-state index contributed by atoms with van der Waals surface area (Å²) in [4.78, 5) is 12.8. The van der Waals surface area contributed by atoms with Crippen LogP contribution in [0.15, 0.2) is 66.7 Å². The van der Waals surface area contributed by atoms with E-state index in [2.05, 4.69) is 5.32 Å². The molecule has 0 fully saturated rings. The van der Waals surface area contributed by atoms with Crippen LogP contribution in [0.1, 0.15) is 51.2 Å². The van der Waals surface area contributed by atoms with Crippen LogP contribution in [-0.2, 0) is 21.6 Å². The van der Waals surface area contributed by atoms with E-state index in [0.29, 0.717) is 6.07 Å². The molecule has 0 aliphatic carbocycles. The maximum Gasteiger partial charge on any atom is 0.417 e. The topological polar surface area (TPSA) is 127 Å². The molecule has 0 bridgehead atoms. The molecule has 0 aromatic heterocycles. The summed E-state index contributed by atoms with van der Waals surface area (Å²) in [5, 5.41) is 31.5. The highest BCUT2D eigenvalue weighted by molar-refractivity contribution is 7.91. The first-order valence-corrected chi connectivity index (χ1v) is 13.3. The number of nitriles is 1. The molecule has 3 N–H and O–H groups in total. The Morgan fingerprint density at radius 3 is 2.28 bits per heavy atom. The normalized spacial score (nSPS) is 14.2. The van der Waals surface area contributed by atoms with E-state index in [-0.39, 0.29) is 17.5 Å². The number of alkyl halides is 3. The van der Waals surface area contributed by atoms with Crippen molar-refractivity contribution in [3.8, 4) is 11.8 Å². The number of hydrogen-bond acceptors (Lipinski definition) is 6. The molecule has 12 heteroatoms. The van der Waals surface area contributed by atoms with Crippen LogP contribution in [-0.4, -0.2) is 36.8 Å². The number of amides is 1. The molecule has 1 amide bonds. The number of halogens is 4. The van der Waals surface area contributed by atoms with E-state index in [1.807, 2.05) is 0 Å². The Kier molecular flexibility index (Phi) is 8.67. The summed E-state index contributed by atoms with van der Waals surface area (Å²) in [7, 11) is -4.44. The number of rotatable bonds is 9. The number of sulfone groups is 1. The number of nitrogens with one attached hydrogen (secondary N) is 1. The van der Waals surface area contributed by atoms with E-state index in [4.69, 9.17) is 0 Å². The van der Waals surface area contributed by atoms with Crippen LogP contribution in [0.5, 0.6) is 5.75 Å². The van der Waals surface area contributed by atoms with E-state index >= 15 is 0 Å². The minimum Gasteiger partial charge on any atom is -0.507 e. The lowest BCUT2D eigenvalue weighted by Crippen LogP contribution is -2.48. The van der Waals surface area contributed by atoms with Crippen molar-refractivity contribution in [2.75, 3.05) is 12.3 Å². The Balaban J connectivity index is 2.25. The van der Waals surface area contributed by atoms with Gasteiger partial charge in [0, 0.05) is 0 Å². The van der Waals surface area contributed by atoms with E-state index in [9.17, 15) is 46.2 Å². The molecule has 0 aliphatic heterocycles. The highest BCUT2D eigenvalue weighted by Crippen LogP contribution is 2.44. The van der Waals surface area contributed by atoms with Crippen molar-refractivity contribution < 1.29 is 41.0 Å². The Bertz CT molecular complexity index is 1500. The summed E-state index contributed by atoms with van der Waals surface area (Å²) in [6.45, 7) is 0.673. The monoisotopic (exact) mass is 564 g/mol. The van der Waals surface area contributed by atoms with Crippen molar-refractivity contribution in [2.24, 2.45) is 0 Å². The first-order valence-electron chi connectivity index (χ1n) is 11.6. The van der Waals surface area contributed by atoms with Crippen LogP contribution in [0, 0.1) is 17.1 Å². The molecular weight excluding hydrogens is 540 g/mol. The van der Waals surface area contributed by atoms with Gasteiger partial charge in [-0.25, -0.2) is 12.8 Å². The molecule has 3 aromatic carbocycles. The van der Waals surface area contributed by atoms with Crippen LogP contribution in [0.25, 0.3) is 0 Å². The molecule has 2 unspecified atom stereocenters. The third-order valence-electron chi connectivity index (χ3n) is 6.06. The number of hydrogen-bond donors (Lipinski definition) is 3. The number of para-hydroxylation sites is 1. The average molecular weight is 565 g/mol. The van der Waals surface area contributed by atoms with E-state index < -0.39 is 73.3 Å². The maximum atomic E-state index is 13.8. The lowest BCUT2D eigenvalue weighted by Gasteiger charge is -2.37. The minimum absolute atomic E-state index is 0.0466. The second-order valence-corrected chi connectivity index (χ2v) is 11.0. The van der Waals surface area contributed by atoms with Crippen LogP contribution >= 0.6 is 0 Å². The van der Waals surface area contributed by atoms with Gasteiger partial charge in [-0.05, 0) is 53.9 Å². The summed E-state index contributed by atoms with van der Waals surface area (Å²) in [5.74, 6) is -2.59. The van der Waals surface area contributed by atoms with Crippen molar-refractivity contribution in [1.82, 2.24) is 5.32 Å². The summed E-state index contributed by atoms with van der Waals surface area (Å²) in [6, 6.07) is 13.1. The van der Waals surface area contributed by atoms with Crippen molar-refractivity contribution in [3.63, 3.8) is 0 Å². The van der Waals surface area contributed by atoms with Crippen molar-refractivity contribution in [2.45, 2.75) is 30.4 Å². The van der Waals surface area contributed by atoms with E-state index in [1.165, 1.54) is 37.3 Å². The molecule has 3 aromatic rings. The number of benzene rings is 3. The molecule has 0 spiro atoms. The van der Waals surface area contributed by atoms with Gasteiger partial charge < -0.3 is 15.5 Å². The zero-order valence-electron chi connectivity index (χ0n) is 20.5. The molecule has 0 saturated heterocycles. The lowest BCUT2D eigenvalue weighted by atomic mass is 9.85. The number of aliphatic hydroxyl groups is 1.